The third kappa shape index (κ3) is 2.75. The highest BCUT2D eigenvalue weighted by Crippen LogP contribution is 2.16. The van der Waals surface area contributed by atoms with Crippen LogP contribution < -0.4 is 5.32 Å². The molecule has 0 aliphatic carbocycles. The maximum absolute atomic E-state index is 11.7. The van der Waals surface area contributed by atoms with Crippen molar-refractivity contribution in [2.75, 3.05) is 25.1 Å². The Balaban J connectivity index is 1.90. The molecular weight excluding hydrogens is 230 g/mol. The molecular formula is C9H13N3O3S. The number of aryl methyl sites for hydroxylation is 1. The first-order valence-electron chi connectivity index (χ1n) is 5.12. The van der Waals surface area contributed by atoms with Crippen molar-refractivity contribution in [3.63, 3.8) is 0 Å². The van der Waals surface area contributed by atoms with E-state index in [2.05, 4.69) is 15.5 Å². The van der Waals surface area contributed by atoms with Gasteiger partial charge >= 0.3 is 0 Å². The first-order valence-corrected chi connectivity index (χ1v) is 5.94. The Bertz CT molecular complexity index is 363. The number of rotatable bonds is 3. The molecule has 2 rings (SSSR count). The molecule has 0 unspecified atom stereocenters. The van der Waals surface area contributed by atoms with E-state index in [1.54, 1.807) is 0 Å². The van der Waals surface area contributed by atoms with Gasteiger partial charge in [-0.2, -0.15) is 0 Å². The molecule has 0 aromatic carbocycles. The maximum Gasteiger partial charge on any atom is 0.257 e. The van der Waals surface area contributed by atoms with Gasteiger partial charge < -0.3 is 9.47 Å². The second-order valence-corrected chi connectivity index (χ2v) is 4.34. The molecule has 1 saturated heterocycles. The highest BCUT2D eigenvalue weighted by atomic mass is 32.1. The lowest BCUT2D eigenvalue weighted by molar-refractivity contribution is -0.142. The lowest BCUT2D eigenvalue weighted by Gasteiger charge is -2.21. The number of amides is 1. The molecule has 1 N–H and O–H groups in total. The van der Waals surface area contributed by atoms with Crippen molar-refractivity contribution in [3.05, 3.63) is 5.01 Å². The molecule has 2 heterocycles. The SMILES string of the molecule is CCc1nnc(NC(=O)[C@H]2COCCO2)s1. The van der Waals surface area contributed by atoms with E-state index in [-0.39, 0.29) is 5.91 Å². The predicted molar refractivity (Wildman–Crippen MR) is 58.5 cm³/mol. The van der Waals surface area contributed by atoms with Gasteiger partial charge in [0.05, 0.1) is 19.8 Å². The number of carbonyl (C=O) groups excluding carboxylic acids is 1. The second-order valence-electron chi connectivity index (χ2n) is 3.28. The normalized spacial score (nSPS) is 20.7. The summed E-state index contributed by atoms with van der Waals surface area (Å²) in [6.45, 7) is 3.28. The van der Waals surface area contributed by atoms with Crippen molar-refractivity contribution in [1.82, 2.24) is 10.2 Å². The first-order chi connectivity index (χ1) is 7.79. The van der Waals surface area contributed by atoms with E-state index in [4.69, 9.17) is 9.47 Å². The zero-order valence-electron chi connectivity index (χ0n) is 8.93. The average Bonchev–Trinajstić information content (AvgIpc) is 2.78. The molecule has 1 aromatic heterocycles. The lowest BCUT2D eigenvalue weighted by Crippen LogP contribution is -2.39. The van der Waals surface area contributed by atoms with Crippen LogP contribution >= 0.6 is 11.3 Å². The fourth-order valence-corrected chi connectivity index (χ4v) is 1.95. The monoisotopic (exact) mass is 243 g/mol. The maximum atomic E-state index is 11.7. The fraction of sp³-hybridized carbons (Fsp3) is 0.667. The summed E-state index contributed by atoms with van der Waals surface area (Å²) in [6, 6.07) is 0. The fourth-order valence-electron chi connectivity index (χ4n) is 1.27. The second kappa shape index (κ2) is 5.33. The molecule has 1 fully saturated rings. The predicted octanol–water partition coefficient (Wildman–Crippen LogP) is 0.454. The molecule has 0 bridgehead atoms. The molecule has 1 atom stereocenters. The van der Waals surface area contributed by atoms with Gasteiger partial charge in [0.2, 0.25) is 5.13 Å². The van der Waals surface area contributed by atoms with Crippen molar-refractivity contribution in [3.8, 4) is 0 Å². The van der Waals surface area contributed by atoms with Gasteiger partial charge in [-0.05, 0) is 6.42 Å². The molecule has 1 aromatic rings. The minimum Gasteiger partial charge on any atom is -0.376 e. The van der Waals surface area contributed by atoms with Crippen molar-refractivity contribution >= 4 is 22.4 Å². The van der Waals surface area contributed by atoms with Gasteiger partial charge in [-0.15, -0.1) is 10.2 Å². The van der Waals surface area contributed by atoms with Crippen LogP contribution in [0.25, 0.3) is 0 Å². The van der Waals surface area contributed by atoms with E-state index in [9.17, 15) is 4.79 Å². The van der Waals surface area contributed by atoms with Gasteiger partial charge in [0.25, 0.3) is 5.91 Å². The third-order valence-corrected chi connectivity index (χ3v) is 3.09. The molecule has 1 amide bonds. The van der Waals surface area contributed by atoms with Crippen LogP contribution in [0.2, 0.25) is 0 Å². The summed E-state index contributed by atoms with van der Waals surface area (Å²) in [5.41, 5.74) is 0. The van der Waals surface area contributed by atoms with Crippen LogP contribution in [-0.2, 0) is 20.7 Å². The Morgan fingerprint density at radius 1 is 1.56 bits per heavy atom. The Hall–Kier alpha value is -1.05. The first kappa shape index (κ1) is 11.4. The van der Waals surface area contributed by atoms with E-state index >= 15 is 0 Å². The van der Waals surface area contributed by atoms with Crippen LogP contribution in [0, 0.1) is 0 Å². The number of nitrogens with zero attached hydrogens (tertiary/aromatic N) is 2. The van der Waals surface area contributed by atoms with Gasteiger partial charge in [0.15, 0.2) is 6.10 Å². The van der Waals surface area contributed by atoms with Crippen molar-refractivity contribution in [1.29, 1.82) is 0 Å². The minimum absolute atomic E-state index is 0.224. The average molecular weight is 243 g/mol. The molecule has 88 valence electrons. The summed E-state index contributed by atoms with van der Waals surface area (Å²) in [5.74, 6) is -0.224. The van der Waals surface area contributed by atoms with Crippen molar-refractivity contribution < 1.29 is 14.3 Å². The summed E-state index contributed by atoms with van der Waals surface area (Å²) in [7, 11) is 0. The van der Waals surface area contributed by atoms with Gasteiger partial charge in [0.1, 0.15) is 5.01 Å². The van der Waals surface area contributed by atoms with Crippen molar-refractivity contribution in [2.24, 2.45) is 0 Å². The third-order valence-electron chi connectivity index (χ3n) is 2.11. The van der Waals surface area contributed by atoms with Crippen LogP contribution in [0.15, 0.2) is 0 Å². The molecule has 16 heavy (non-hydrogen) atoms. The summed E-state index contributed by atoms with van der Waals surface area (Å²) in [5, 5.41) is 11.9. The largest absolute Gasteiger partial charge is 0.376 e. The van der Waals surface area contributed by atoms with Gasteiger partial charge in [-0.3, -0.25) is 10.1 Å². The van der Waals surface area contributed by atoms with E-state index in [0.717, 1.165) is 11.4 Å². The number of anilines is 1. The highest BCUT2D eigenvalue weighted by Gasteiger charge is 2.23. The number of ether oxygens (including phenoxy) is 2. The molecule has 6 nitrogen and oxygen atoms in total. The Labute approximate surface area is 97.0 Å². The van der Waals surface area contributed by atoms with Crippen molar-refractivity contribution in [2.45, 2.75) is 19.4 Å². The molecule has 0 saturated carbocycles. The highest BCUT2D eigenvalue weighted by molar-refractivity contribution is 7.15. The Morgan fingerprint density at radius 2 is 2.44 bits per heavy atom. The number of aromatic nitrogens is 2. The topological polar surface area (TPSA) is 73.3 Å². The number of hydrogen-bond donors (Lipinski definition) is 1. The van der Waals surface area contributed by atoms with E-state index < -0.39 is 6.10 Å². The van der Waals surface area contributed by atoms with E-state index in [0.29, 0.717) is 25.0 Å². The van der Waals surface area contributed by atoms with Gasteiger partial charge in [0, 0.05) is 0 Å². The summed E-state index contributed by atoms with van der Waals surface area (Å²) in [4.78, 5) is 11.7. The van der Waals surface area contributed by atoms with E-state index in [1.807, 2.05) is 6.92 Å². The molecule has 0 spiro atoms. The zero-order chi connectivity index (χ0) is 11.4. The number of carbonyl (C=O) groups is 1. The van der Waals surface area contributed by atoms with Crippen LogP contribution in [0.1, 0.15) is 11.9 Å². The number of nitrogens with one attached hydrogen (secondary N) is 1. The van der Waals surface area contributed by atoms with Gasteiger partial charge in [-0.25, -0.2) is 0 Å². The quantitative estimate of drug-likeness (QED) is 0.834. The van der Waals surface area contributed by atoms with E-state index in [1.165, 1.54) is 11.3 Å². The summed E-state index contributed by atoms with van der Waals surface area (Å²) < 4.78 is 10.4. The molecule has 1 aliphatic rings. The summed E-state index contributed by atoms with van der Waals surface area (Å²) in [6.07, 6.45) is 0.277. The Kier molecular flexibility index (Phi) is 3.81. The molecule has 1 aliphatic heterocycles. The lowest BCUT2D eigenvalue weighted by atomic mass is 10.3. The van der Waals surface area contributed by atoms with Crippen LogP contribution in [0.3, 0.4) is 0 Å². The zero-order valence-corrected chi connectivity index (χ0v) is 9.75. The number of hydrogen-bond acceptors (Lipinski definition) is 6. The molecule has 7 heteroatoms. The molecule has 0 radical (unpaired) electrons. The van der Waals surface area contributed by atoms with Crippen LogP contribution in [-0.4, -0.2) is 42.0 Å². The Morgan fingerprint density at radius 3 is 3.06 bits per heavy atom. The van der Waals surface area contributed by atoms with Crippen LogP contribution in [0.5, 0.6) is 0 Å². The van der Waals surface area contributed by atoms with Crippen LogP contribution in [0.4, 0.5) is 5.13 Å². The minimum atomic E-state index is -0.539. The standard InChI is InChI=1S/C9H13N3O3S/c1-2-7-11-12-9(16-7)10-8(13)6-5-14-3-4-15-6/h6H,2-5H2,1H3,(H,10,12,13)/t6-/m1/s1. The van der Waals surface area contributed by atoms with Gasteiger partial charge in [-0.1, -0.05) is 18.3 Å². The smallest absolute Gasteiger partial charge is 0.257 e. The summed E-state index contributed by atoms with van der Waals surface area (Å²) >= 11 is 1.37.